The number of aromatic hydroxyl groups is 1. The lowest BCUT2D eigenvalue weighted by Gasteiger charge is -2.25. The van der Waals surface area contributed by atoms with E-state index in [1.165, 1.54) is 17.3 Å². The van der Waals surface area contributed by atoms with Crippen LogP contribution in [0.1, 0.15) is 24.9 Å². The summed E-state index contributed by atoms with van der Waals surface area (Å²) < 4.78 is 0. The second-order valence-electron chi connectivity index (χ2n) is 4.50. The van der Waals surface area contributed by atoms with Crippen molar-refractivity contribution in [1.82, 2.24) is 5.32 Å². The maximum absolute atomic E-state index is 9.90. The predicted octanol–water partition coefficient (Wildman–Crippen LogP) is 3.28. The molecule has 2 N–H and O–H groups in total. The SMILES string of the molecule is CC[C@H](NC[C@@H]1CSCCS1)c1ccccc1O. The third-order valence-corrected chi connectivity index (χ3v) is 6.04. The molecule has 0 aliphatic carbocycles. The number of benzene rings is 1. The lowest BCUT2D eigenvalue weighted by atomic mass is 10.0. The Bertz CT molecular complexity index is 367. The smallest absolute Gasteiger partial charge is 0.120 e. The van der Waals surface area contributed by atoms with Gasteiger partial charge in [-0.1, -0.05) is 25.1 Å². The van der Waals surface area contributed by atoms with E-state index in [0.29, 0.717) is 11.0 Å². The molecule has 2 atom stereocenters. The zero-order valence-corrected chi connectivity index (χ0v) is 12.4. The van der Waals surface area contributed by atoms with Crippen LogP contribution in [0.2, 0.25) is 0 Å². The second-order valence-corrected chi connectivity index (χ2v) is 7.05. The Hall–Kier alpha value is -0.320. The Morgan fingerprint density at radius 2 is 2.22 bits per heavy atom. The lowest BCUT2D eigenvalue weighted by Crippen LogP contribution is -2.31. The minimum Gasteiger partial charge on any atom is -0.508 e. The Balaban J connectivity index is 1.91. The minimum atomic E-state index is 0.263. The maximum Gasteiger partial charge on any atom is 0.120 e. The molecule has 1 heterocycles. The van der Waals surface area contributed by atoms with E-state index in [9.17, 15) is 5.11 Å². The van der Waals surface area contributed by atoms with Gasteiger partial charge in [-0.3, -0.25) is 0 Å². The van der Waals surface area contributed by atoms with Crippen LogP contribution in [-0.4, -0.2) is 34.2 Å². The summed E-state index contributed by atoms with van der Waals surface area (Å²) in [5.74, 6) is 4.21. The first-order valence-electron chi connectivity index (χ1n) is 6.52. The number of para-hydroxylation sites is 1. The second kappa shape index (κ2) is 7.31. The van der Waals surface area contributed by atoms with E-state index in [4.69, 9.17) is 0 Å². The van der Waals surface area contributed by atoms with Crippen molar-refractivity contribution in [2.24, 2.45) is 0 Å². The molecular formula is C14H21NOS2. The molecule has 0 radical (unpaired) electrons. The van der Waals surface area contributed by atoms with Crippen LogP contribution in [0.5, 0.6) is 5.75 Å². The molecule has 1 aliphatic heterocycles. The van der Waals surface area contributed by atoms with Gasteiger partial charge < -0.3 is 10.4 Å². The van der Waals surface area contributed by atoms with Crippen LogP contribution >= 0.6 is 23.5 Å². The lowest BCUT2D eigenvalue weighted by molar-refractivity contribution is 0.442. The number of hydrogen-bond donors (Lipinski definition) is 2. The molecular weight excluding hydrogens is 262 g/mol. The molecule has 1 aromatic carbocycles. The van der Waals surface area contributed by atoms with Crippen molar-refractivity contribution in [2.75, 3.05) is 23.8 Å². The van der Waals surface area contributed by atoms with Crippen LogP contribution < -0.4 is 5.32 Å². The zero-order chi connectivity index (χ0) is 12.8. The van der Waals surface area contributed by atoms with Crippen LogP contribution in [0.25, 0.3) is 0 Å². The summed E-state index contributed by atoms with van der Waals surface area (Å²) in [5, 5.41) is 14.2. The van der Waals surface area contributed by atoms with Crippen LogP contribution in [0.4, 0.5) is 0 Å². The fraction of sp³-hybridized carbons (Fsp3) is 0.571. The van der Waals surface area contributed by atoms with Crippen LogP contribution in [0.3, 0.4) is 0 Å². The molecule has 0 saturated carbocycles. The highest BCUT2D eigenvalue weighted by atomic mass is 32.2. The van der Waals surface area contributed by atoms with Crippen LogP contribution in [0, 0.1) is 0 Å². The van der Waals surface area contributed by atoms with Crippen molar-refractivity contribution < 1.29 is 5.11 Å². The molecule has 1 aromatic rings. The van der Waals surface area contributed by atoms with E-state index in [1.807, 2.05) is 18.2 Å². The number of hydrogen-bond acceptors (Lipinski definition) is 4. The van der Waals surface area contributed by atoms with E-state index in [0.717, 1.165) is 18.5 Å². The molecule has 1 fully saturated rings. The van der Waals surface area contributed by atoms with E-state index < -0.39 is 0 Å². The van der Waals surface area contributed by atoms with Gasteiger partial charge in [0.25, 0.3) is 0 Å². The number of phenolic OH excluding ortho intramolecular Hbond substituents is 1. The van der Waals surface area contributed by atoms with Gasteiger partial charge in [0.15, 0.2) is 0 Å². The van der Waals surface area contributed by atoms with Gasteiger partial charge in [-0.05, 0) is 12.5 Å². The summed E-state index contributed by atoms with van der Waals surface area (Å²) in [6.07, 6.45) is 1.00. The van der Waals surface area contributed by atoms with Gasteiger partial charge >= 0.3 is 0 Å². The van der Waals surface area contributed by atoms with E-state index in [2.05, 4.69) is 35.8 Å². The zero-order valence-electron chi connectivity index (χ0n) is 10.8. The number of thioether (sulfide) groups is 2. The molecule has 1 saturated heterocycles. The van der Waals surface area contributed by atoms with E-state index in [-0.39, 0.29) is 6.04 Å². The van der Waals surface area contributed by atoms with Gasteiger partial charge in [0.05, 0.1) is 0 Å². The summed E-state index contributed by atoms with van der Waals surface area (Å²) in [4.78, 5) is 0. The Kier molecular flexibility index (Phi) is 5.73. The highest BCUT2D eigenvalue weighted by Gasteiger charge is 2.17. The summed E-state index contributed by atoms with van der Waals surface area (Å²) in [5.41, 5.74) is 1.02. The fourth-order valence-corrected chi connectivity index (χ4v) is 4.81. The predicted molar refractivity (Wildman–Crippen MR) is 82.7 cm³/mol. The van der Waals surface area contributed by atoms with Crippen molar-refractivity contribution in [3.63, 3.8) is 0 Å². The molecule has 0 unspecified atom stereocenters. The van der Waals surface area contributed by atoms with Crippen LogP contribution in [0.15, 0.2) is 24.3 Å². The largest absolute Gasteiger partial charge is 0.508 e. The molecule has 0 amide bonds. The maximum atomic E-state index is 9.90. The van der Waals surface area contributed by atoms with Crippen molar-refractivity contribution in [3.05, 3.63) is 29.8 Å². The molecule has 2 rings (SSSR count). The summed E-state index contributed by atoms with van der Waals surface area (Å²) in [6, 6.07) is 7.91. The van der Waals surface area contributed by atoms with Gasteiger partial charge in [0.1, 0.15) is 5.75 Å². The quantitative estimate of drug-likeness (QED) is 0.868. The monoisotopic (exact) mass is 283 g/mol. The summed E-state index contributed by atoms with van der Waals surface area (Å²) >= 11 is 4.12. The minimum absolute atomic E-state index is 0.263. The molecule has 18 heavy (non-hydrogen) atoms. The van der Waals surface area contributed by atoms with E-state index in [1.54, 1.807) is 6.07 Å². The van der Waals surface area contributed by atoms with Gasteiger partial charge in [-0.2, -0.15) is 23.5 Å². The van der Waals surface area contributed by atoms with Gasteiger partial charge in [0.2, 0.25) is 0 Å². The molecule has 2 nitrogen and oxygen atoms in total. The molecule has 0 aromatic heterocycles. The average molecular weight is 283 g/mol. The average Bonchev–Trinajstić information content (AvgIpc) is 2.42. The highest BCUT2D eigenvalue weighted by Crippen LogP contribution is 2.27. The first kappa shape index (κ1) is 14.1. The fourth-order valence-electron chi connectivity index (χ4n) is 2.18. The first-order chi connectivity index (χ1) is 8.81. The van der Waals surface area contributed by atoms with Crippen LogP contribution in [-0.2, 0) is 0 Å². The van der Waals surface area contributed by atoms with Gasteiger partial charge in [-0.15, -0.1) is 0 Å². The third kappa shape index (κ3) is 3.84. The van der Waals surface area contributed by atoms with Crippen molar-refractivity contribution >= 4 is 23.5 Å². The molecule has 1 aliphatic rings. The number of rotatable bonds is 5. The number of phenols is 1. The van der Waals surface area contributed by atoms with Crippen molar-refractivity contribution in [2.45, 2.75) is 24.6 Å². The molecule has 0 bridgehead atoms. The number of nitrogens with one attached hydrogen (secondary N) is 1. The summed E-state index contributed by atoms with van der Waals surface area (Å²) in [6.45, 7) is 3.19. The highest BCUT2D eigenvalue weighted by molar-refractivity contribution is 8.06. The normalized spacial score (nSPS) is 21.7. The molecule has 100 valence electrons. The summed E-state index contributed by atoms with van der Waals surface area (Å²) in [7, 11) is 0. The molecule has 0 spiro atoms. The van der Waals surface area contributed by atoms with Gasteiger partial charge in [0, 0.05) is 40.7 Å². The van der Waals surface area contributed by atoms with Crippen molar-refractivity contribution in [3.8, 4) is 5.75 Å². The molecule has 4 heteroatoms. The Morgan fingerprint density at radius 1 is 1.39 bits per heavy atom. The topological polar surface area (TPSA) is 32.3 Å². The Labute approximate surface area is 118 Å². The van der Waals surface area contributed by atoms with E-state index >= 15 is 0 Å². The van der Waals surface area contributed by atoms with Gasteiger partial charge in [-0.25, -0.2) is 0 Å². The Morgan fingerprint density at radius 3 is 2.89 bits per heavy atom. The van der Waals surface area contributed by atoms with Crippen molar-refractivity contribution in [1.29, 1.82) is 0 Å². The third-order valence-electron chi connectivity index (χ3n) is 3.20. The first-order valence-corrected chi connectivity index (χ1v) is 8.72. The standard InChI is InChI=1S/C14H21NOS2/c1-2-13(12-5-3-4-6-14(12)16)15-9-11-10-17-7-8-18-11/h3-6,11,13,15-16H,2,7-10H2,1H3/t11-,13+/m1/s1.